The lowest BCUT2D eigenvalue weighted by molar-refractivity contribution is -0.129. The van der Waals surface area contributed by atoms with Crippen LogP contribution in [0.3, 0.4) is 0 Å². The van der Waals surface area contributed by atoms with Crippen molar-refractivity contribution in [3.8, 4) is 5.75 Å². The van der Waals surface area contributed by atoms with Gasteiger partial charge in [-0.05, 0) is 69.2 Å². The van der Waals surface area contributed by atoms with Crippen LogP contribution < -0.4 is 4.74 Å². The highest BCUT2D eigenvalue weighted by atomic mass is 32.1. The van der Waals surface area contributed by atoms with Crippen LogP contribution in [-0.2, 0) is 11.3 Å². The van der Waals surface area contributed by atoms with E-state index in [1.165, 1.54) is 22.7 Å². The number of hydrogen-bond acceptors (Lipinski definition) is 5. The van der Waals surface area contributed by atoms with Gasteiger partial charge in [-0.3, -0.25) is 4.90 Å². The van der Waals surface area contributed by atoms with Crippen molar-refractivity contribution in [2.75, 3.05) is 26.3 Å². The average Bonchev–Trinajstić information content (AvgIpc) is 3.10. The van der Waals surface area contributed by atoms with Crippen LogP contribution in [0, 0.1) is 18.7 Å². The Balaban J connectivity index is 1.23. The van der Waals surface area contributed by atoms with Crippen molar-refractivity contribution in [3.63, 3.8) is 0 Å². The van der Waals surface area contributed by atoms with Crippen molar-refractivity contribution < 1.29 is 13.9 Å². The van der Waals surface area contributed by atoms with Gasteiger partial charge in [0.05, 0.1) is 23.4 Å². The largest absolute Gasteiger partial charge is 0.494 e. The van der Waals surface area contributed by atoms with Crippen LogP contribution in [0.5, 0.6) is 5.75 Å². The first-order valence-corrected chi connectivity index (χ1v) is 11.1. The van der Waals surface area contributed by atoms with Crippen LogP contribution in [0.15, 0.2) is 29.8 Å². The van der Waals surface area contributed by atoms with Crippen molar-refractivity contribution in [2.45, 2.75) is 51.2 Å². The fraction of sp³-hybridized carbons (Fsp3) is 0.591. The first-order chi connectivity index (χ1) is 13.6. The first-order valence-electron chi connectivity index (χ1n) is 10.3. The standard InChI is InChI=1S/C22H29FN2O2S/c1-17-21(28-16-24-17)15-25-10-8-22(9-11-25)14-18(7-13-27-22)6-12-26-20-4-2-19(23)3-5-20/h2-5,16,18H,6-15H2,1H3. The quantitative estimate of drug-likeness (QED) is 0.691. The molecule has 1 aromatic heterocycles. The predicted octanol–water partition coefficient (Wildman–Crippen LogP) is 4.82. The zero-order valence-corrected chi connectivity index (χ0v) is 17.3. The topological polar surface area (TPSA) is 34.6 Å². The van der Waals surface area contributed by atoms with Gasteiger partial charge in [0.25, 0.3) is 0 Å². The van der Waals surface area contributed by atoms with E-state index >= 15 is 0 Å². The van der Waals surface area contributed by atoms with Crippen LogP contribution in [-0.4, -0.2) is 41.8 Å². The summed E-state index contributed by atoms with van der Waals surface area (Å²) in [4.78, 5) is 8.29. The molecule has 0 saturated carbocycles. The number of rotatable bonds is 6. The molecule has 2 aliphatic rings. The molecule has 2 aliphatic heterocycles. The van der Waals surface area contributed by atoms with Crippen LogP contribution in [0.4, 0.5) is 4.39 Å². The molecule has 6 heteroatoms. The van der Waals surface area contributed by atoms with Gasteiger partial charge >= 0.3 is 0 Å². The molecular formula is C22H29FN2O2S. The zero-order valence-electron chi connectivity index (χ0n) is 16.5. The number of nitrogens with zero attached hydrogens (tertiary/aromatic N) is 2. The van der Waals surface area contributed by atoms with Crippen molar-refractivity contribution in [1.29, 1.82) is 0 Å². The molecule has 1 unspecified atom stereocenters. The maximum Gasteiger partial charge on any atom is 0.123 e. The van der Waals surface area contributed by atoms with Gasteiger partial charge in [0.2, 0.25) is 0 Å². The minimum Gasteiger partial charge on any atom is -0.494 e. The smallest absolute Gasteiger partial charge is 0.123 e. The summed E-state index contributed by atoms with van der Waals surface area (Å²) in [7, 11) is 0. The van der Waals surface area contributed by atoms with Crippen LogP contribution in [0.25, 0.3) is 0 Å². The predicted molar refractivity (Wildman–Crippen MR) is 109 cm³/mol. The number of aryl methyl sites for hydroxylation is 1. The van der Waals surface area contributed by atoms with Gasteiger partial charge in [-0.15, -0.1) is 11.3 Å². The van der Waals surface area contributed by atoms with Gasteiger partial charge in [0, 0.05) is 31.1 Å². The van der Waals surface area contributed by atoms with Gasteiger partial charge in [-0.25, -0.2) is 9.37 Å². The Hall–Kier alpha value is -1.50. The number of hydrogen-bond donors (Lipinski definition) is 0. The maximum absolute atomic E-state index is 13.0. The maximum atomic E-state index is 13.0. The SMILES string of the molecule is Cc1ncsc1CN1CCC2(CC1)CC(CCOc1ccc(F)cc1)CCO2. The van der Waals surface area contributed by atoms with Gasteiger partial charge < -0.3 is 9.47 Å². The zero-order chi connectivity index (χ0) is 19.4. The summed E-state index contributed by atoms with van der Waals surface area (Å²) in [6, 6.07) is 6.28. The molecule has 0 amide bonds. The Kier molecular flexibility index (Phi) is 6.28. The molecule has 0 aliphatic carbocycles. The average molecular weight is 405 g/mol. The molecule has 4 nitrogen and oxygen atoms in total. The Labute approximate surface area is 170 Å². The molecule has 0 radical (unpaired) electrons. The third-order valence-corrected chi connectivity index (χ3v) is 7.10. The summed E-state index contributed by atoms with van der Waals surface area (Å²) in [5.41, 5.74) is 3.16. The molecule has 2 saturated heterocycles. The van der Waals surface area contributed by atoms with Crippen LogP contribution in [0.2, 0.25) is 0 Å². The third-order valence-electron chi connectivity index (χ3n) is 6.18. The fourth-order valence-corrected chi connectivity index (χ4v) is 5.22. The van der Waals surface area contributed by atoms with Gasteiger partial charge in [-0.1, -0.05) is 0 Å². The highest BCUT2D eigenvalue weighted by molar-refractivity contribution is 7.09. The van der Waals surface area contributed by atoms with Crippen molar-refractivity contribution >= 4 is 11.3 Å². The number of piperidine rings is 1. The summed E-state index contributed by atoms with van der Waals surface area (Å²) in [5, 5.41) is 0. The lowest BCUT2D eigenvalue weighted by Gasteiger charge is -2.46. The normalized spacial score (nSPS) is 22.4. The number of halogens is 1. The second kappa shape index (κ2) is 8.89. The molecule has 0 bridgehead atoms. The first kappa shape index (κ1) is 19.8. The minimum atomic E-state index is -0.226. The van der Waals surface area contributed by atoms with E-state index in [9.17, 15) is 4.39 Å². The summed E-state index contributed by atoms with van der Waals surface area (Å²) in [5.74, 6) is 1.16. The highest BCUT2D eigenvalue weighted by Gasteiger charge is 2.40. The molecule has 3 heterocycles. The van der Waals surface area contributed by atoms with E-state index in [-0.39, 0.29) is 11.4 Å². The van der Waals surface area contributed by atoms with E-state index in [0.717, 1.165) is 64.1 Å². The number of likely N-dealkylation sites (tertiary alicyclic amines) is 1. The summed E-state index contributed by atoms with van der Waals surface area (Å²) in [6.45, 7) is 6.84. The summed E-state index contributed by atoms with van der Waals surface area (Å²) < 4.78 is 25.1. The lowest BCUT2D eigenvalue weighted by Crippen LogP contribution is -2.49. The molecule has 152 valence electrons. The van der Waals surface area contributed by atoms with Crippen molar-refractivity contribution in [1.82, 2.24) is 9.88 Å². The summed E-state index contributed by atoms with van der Waals surface area (Å²) >= 11 is 1.76. The second-order valence-electron chi connectivity index (χ2n) is 8.12. The minimum absolute atomic E-state index is 0.0536. The Bertz CT molecular complexity index is 756. The van der Waals surface area contributed by atoms with Gasteiger partial charge in [0.1, 0.15) is 11.6 Å². The second-order valence-corrected chi connectivity index (χ2v) is 9.06. The number of thiazole rings is 1. The molecule has 1 atom stereocenters. The molecule has 28 heavy (non-hydrogen) atoms. The third kappa shape index (κ3) is 4.91. The number of benzene rings is 1. The monoisotopic (exact) mass is 404 g/mol. The fourth-order valence-electron chi connectivity index (χ4n) is 4.40. The van der Waals surface area contributed by atoms with Crippen molar-refractivity contribution in [2.24, 2.45) is 5.92 Å². The molecule has 1 spiro atoms. The van der Waals surface area contributed by atoms with Gasteiger partial charge in [-0.2, -0.15) is 0 Å². The van der Waals surface area contributed by atoms with E-state index in [1.807, 2.05) is 5.51 Å². The van der Waals surface area contributed by atoms with Crippen LogP contribution >= 0.6 is 11.3 Å². The van der Waals surface area contributed by atoms with E-state index in [2.05, 4.69) is 16.8 Å². The Morgan fingerprint density at radius 3 is 2.79 bits per heavy atom. The Morgan fingerprint density at radius 2 is 2.07 bits per heavy atom. The molecule has 4 rings (SSSR count). The van der Waals surface area contributed by atoms with E-state index < -0.39 is 0 Å². The molecule has 2 fully saturated rings. The number of aromatic nitrogens is 1. The van der Waals surface area contributed by atoms with E-state index in [1.54, 1.807) is 23.5 Å². The molecule has 2 aromatic rings. The Morgan fingerprint density at radius 1 is 1.29 bits per heavy atom. The lowest BCUT2D eigenvalue weighted by atomic mass is 9.78. The highest BCUT2D eigenvalue weighted by Crippen LogP contribution is 2.39. The molecule has 1 aromatic carbocycles. The van der Waals surface area contributed by atoms with E-state index in [4.69, 9.17) is 9.47 Å². The summed E-state index contributed by atoms with van der Waals surface area (Å²) in [6.07, 6.45) is 5.50. The van der Waals surface area contributed by atoms with Crippen molar-refractivity contribution in [3.05, 3.63) is 46.2 Å². The van der Waals surface area contributed by atoms with Crippen LogP contribution in [0.1, 0.15) is 42.7 Å². The molecular weight excluding hydrogens is 375 g/mol. The number of ether oxygens (including phenoxy) is 2. The van der Waals surface area contributed by atoms with E-state index in [0.29, 0.717) is 12.5 Å². The van der Waals surface area contributed by atoms with Gasteiger partial charge in [0.15, 0.2) is 0 Å². The molecule has 0 N–H and O–H groups in total.